The summed E-state index contributed by atoms with van der Waals surface area (Å²) in [7, 11) is -2.99. The summed E-state index contributed by atoms with van der Waals surface area (Å²) in [4.78, 5) is 15.6. The average molecular weight is 504 g/mol. The highest BCUT2D eigenvalue weighted by Crippen LogP contribution is 2.32. The van der Waals surface area contributed by atoms with Gasteiger partial charge in [0.1, 0.15) is 5.82 Å². The molecular weight excluding hydrogens is 490 g/mol. The Kier molecular flexibility index (Phi) is 7.06. The number of carbonyl (C=O) groups excluding carboxylic acids is 1. The molecule has 0 aliphatic heterocycles. The first-order chi connectivity index (χ1) is 14.6. The quantitative estimate of drug-likeness (QED) is 0.423. The molecule has 2 aromatic carbocycles. The second kappa shape index (κ2) is 9.40. The van der Waals surface area contributed by atoms with Gasteiger partial charge in [0.15, 0.2) is 5.82 Å². The maximum absolute atomic E-state index is 13.5. The Morgan fingerprint density at radius 3 is 2.32 bits per heavy atom. The summed E-state index contributed by atoms with van der Waals surface area (Å²) in [6.45, 7) is -0.241. The van der Waals surface area contributed by atoms with Crippen LogP contribution in [0.5, 0.6) is 0 Å². The molecule has 0 spiro atoms. The molecule has 6 nitrogen and oxygen atoms in total. The SMILES string of the molecule is COC(=O)c1ccc(S(=O)(=O)N(Cc2ccc(F)c(Cl)c2)c2ncc(Cl)cc2Cl)cc1. The number of ether oxygens (including phenoxy) is 1. The van der Waals surface area contributed by atoms with Gasteiger partial charge in [-0.1, -0.05) is 40.9 Å². The molecule has 0 aliphatic carbocycles. The van der Waals surface area contributed by atoms with E-state index in [1.54, 1.807) is 0 Å². The zero-order valence-corrected chi connectivity index (χ0v) is 18.9. The van der Waals surface area contributed by atoms with E-state index in [1.807, 2.05) is 0 Å². The number of hydrogen-bond donors (Lipinski definition) is 0. The van der Waals surface area contributed by atoms with E-state index in [9.17, 15) is 17.6 Å². The van der Waals surface area contributed by atoms with Gasteiger partial charge in [0.25, 0.3) is 10.0 Å². The van der Waals surface area contributed by atoms with Crippen LogP contribution in [0, 0.1) is 5.82 Å². The molecule has 0 fully saturated rings. The minimum absolute atomic E-state index is 0.00420. The molecule has 0 bridgehead atoms. The maximum atomic E-state index is 13.5. The van der Waals surface area contributed by atoms with Crippen molar-refractivity contribution in [3.05, 3.63) is 86.7 Å². The summed E-state index contributed by atoms with van der Waals surface area (Å²) in [5, 5.41) is 0.0567. The number of sulfonamides is 1. The van der Waals surface area contributed by atoms with Crippen LogP contribution in [0.15, 0.2) is 59.6 Å². The first-order valence-electron chi connectivity index (χ1n) is 8.59. The fourth-order valence-corrected chi connectivity index (χ4v) is 4.84. The molecule has 0 amide bonds. The summed E-state index contributed by atoms with van der Waals surface area (Å²) >= 11 is 18.0. The summed E-state index contributed by atoms with van der Waals surface area (Å²) in [6, 6.07) is 10.4. The highest BCUT2D eigenvalue weighted by Gasteiger charge is 2.28. The van der Waals surface area contributed by atoms with Crippen molar-refractivity contribution in [1.29, 1.82) is 0 Å². The van der Waals surface area contributed by atoms with Crippen molar-refractivity contribution in [3.8, 4) is 0 Å². The number of pyridine rings is 1. The van der Waals surface area contributed by atoms with Gasteiger partial charge >= 0.3 is 5.97 Å². The molecule has 3 aromatic rings. The summed E-state index contributed by atoms with van der Waals surface area (Å²) in [6.07, 6.45) is 1.25. The van der Waals surface area contributed by atoms with E-state index in [0.29, 0.717) is 5.56 Å². The van der Waals surface area contributed by atoms with Crippen molar-refractivity contribution in [1.82, 2.24) is 4.98 Å². The van der Waals surface area contributed by atoms with Gasteiger partial charge in [0.2, 0.25) is 0 Å². The minimum Gasteiger partial charge on any atom is -0.465 e. The Morgan fingerprint density at radius 2 is 1.74 bits per heavy atom. The molecule has 0 unspecified atom stereocenters. The van der Waals surface area contributed by atoms with E-state index < -0.39 is 21.8 Å². The maximum Gasteiger partial charge on any atom is 0.337 e. The normalized spacial score (nSPS) is 11.3. The van der Waals surface area contributed by atoms with E-state index in [1.165, 1.54) is 55.8 Å². The molecule has 0 radical (unpaired) electrons. The molecular formula is C20H14Cl3FN2O4S. The van der Waals surface area contributed by atoms with E-state index in [4.69, 9.17) is 34.8 Å². The summed E-state index contributed by atoms with van der Waals surface area (Å²) in [5.41, 5.74) is 0.579. The van der Waals surface area contributed by atoms with Crippen LogP contribution in [0.4, 0.5) is 10.2 Å². The number of anilines is 1. The van der Waals surface area contributed by atoms with Crippen molar-refractivity contribution in [2.45, 2.75) is 11.4 Å². The van der Waals surface area contributed by atoms with Crippen LogP contribution < -0.4 is 4.31 Å². The topological polar surface area (TPSA) is 76.6 Å². The molecule has 11 heteroatoms. The third kappa shape index (κ3) is 5.10. The van der Waals surface area contributed by atoms with Crippen LogP contribution >= 0.6 is 34.8 Å². The predicted molar refractivity (Wildman–Crippen MR) is 117 cm³/mol. The highest BCUT2D eigenvalue weighted by molar-refractivity contribution is 7.92. The van der Waals surface area contributed by atoms with Crippen LogP contribution in [-0.2, 0) is 21.3 Å². The monoisotopic (exact) mass is 502 g/mol. The van der Waals surface area contributed by atoms with Crippen molar-refractivity contribution in [3.63, 3.8) is 0 Å². The predicted octanol–water partition coefficient (Wildman–Crippen LogP) is 5.36. The van der Waals surface area contributed by atoms with E-state index in [0.717, 1.165) is 10.4 Å². The lowest BCUT2D eigenvalue weighted by molar-refractivity contribution is 0.0600. The van der Waals surface area contributed by atoms with Gasteiger partial charge in [-0.3, -0.25) is 0 Å². The number of rotatable bonds is 6. The van der Waals surface area contributed by atoms with Crippen molar-refractivity contribution < 1.29 is 22.3 Å². The Bertz CT molecular complexity index is 1240. The number of nitrogens with zero attached hydrogens (tertiary/aromatic N) is 2. The standard InChI is InChI=1S/C20H14Cl3FN2O4S/c1-30-20(27)13-3-5-15(6-4-13)31(28,29)26(19-17(23)9-14(21)10-25-19)11-12-2-7-18(24)16(22)8-12/h2-10H,11H2,1H3. The zero-order chi connectivity index (χ0) is 22.8. The van der Waals surface area contributed by atoms with Gasteiger partial charge in [0.05, 0.1) is 39.2 Å². The Morgan fingerprint density at radius 1 is 1.06 bits per heavy atom. The first-order valence-corrected chi connectivity index (χ1v) is 11.2. The minimum atomic E-state index is -4.21. The Hall–Kier alpha value is -2.39. The van der Waals surface area contributed by atoms with Gasteiger partial charge in [0, 0.05) is 6.20 Å². The molecule has 162 valence electrons. The summed E-state index contributed by atoms with van der Waals surface area (Å²) < 4.78 is 46.0. The average Bonchev–Trinajstić information content (AvgIpc) is 2.74. The summed E-state index contributed by atoms with van der Waals surface area (Å²) in [5.74, 6) is -1.33. The lowest BCUT2D eigenvalue weighted by atomic mass is 10.2. The van der Waals surface area contributed by atoms with Gasteiger partial charge in [-0.15, -0.1) is 0 Å². The third-order valence-electron chi connectivity index (χ3n) is 4.20. The molecule has 3 rings (SSSR count). The van der Waals surface area contributed by atoms with Gasteiger partial charge in [-0.2, -0.15) is 0 Å². The van der Waals surface area contributed by atoms with Crippen LogP contribution in [0.25, 0.3) is 0 Å². The molecule has 1 aromatic heterocycles. The zero-order valence-electron chi connectivity index (χ0n) is 15.9. The van der Waals surface area contributed by atoms with Crippen molar-refractivity contribution in [2.24, 2.45) is 0 Å². The molecule has 0 N–H and O–H groups in total. The lowest BCUT2D eigenvalue weighted by Gasteiger charge is -2.24. The van der Waals surface area contributed by atoms with Gasteiger partial charge in [-0.05, 0) is 48.0 Å². The lowest BCUT2D eigenvalue weighted by Crippen LogP contribution is -2.31. The first kappa shape index (κ1) is 23.3. The van der Waals surface area contributed by atoms with Crippen LogP contribution in [0.1, 0.15) is 15.9 Å². The molecule has 0 saturated carbocycles. The highest BCUT2D eigenvalue weighted by atomic mass is 35.5. The number of hydrogen-bond acceptors (Lipinski definition) is 5. The van der Waals surface area contributed by atoms with Crippen LogP contribution in [0.2, 0.25) is 15.1 Å². The van der Waals surface area contributed by atoms with E-state index in [-0.39, 0.29) is 37.9 Å². The second-order valence-electron chi connectivity index (χ2n) is 6.24. The molecule has 0 saturated heterocycles. The van der Waals surface area contributed by atoms with Crippen LogP contribution in [-0.4, -0.2) is 26.5 Å². The second-order valence-corrected chi connectivity index (χ2v) is 9.35. The number of benzene rings is 2. The van der Waals surface area contributed by atoms with Crippen LogP contribution in [0.3, 0.4) is 0 Å². The Balaban J connectivity index is 2.09. The largest absolute Gasteiger partial charge is 0.465 e. The number of esters is 1. The molecule has 31 heavy (non-hydrogen) atoms. The smallest absolute Gasteiger partial charge is 0.337 e. The number of carbonyl (C=O) groups is 1. The number of halogens is 4. The van der Waals surface area contributed by atoms with Crippen molar-refractivity contribution in [2.75, 3.05) is 11.4 Å². The van der Waals surface area contributed by atoms with E-state index >= 15 is 0 Å². The number of methoxy groups -OCH3 is 1. The van der Waals surface area contributed by atoms with Gasteiger partial charge in [-0.25, -0.2) is 26.9 Å². The number of aromatic nitrogens is 1. The van der Waals surface area contributed by atoms with Crippen molar-refractivity contribution >= 4 is 56.6 Å². The van der Waals surface area contributed by atoms with E-state index in [2.05, 4.69) is 9.72 Å². The fourth-order valence-electron chi connectivity index (χ4n) is 2.68. The molecule has 0 atom stereocenters. The van der Waals surface area contributed by atoms with Gasteiger partial charge < -0.3 is 4.74 Å². The fraction of sp³-hybridized carbons (Fsp3) is 0.100. The molecule has 0 aliphatic rings. The third-order valence-corrected chi connectivity index (χ3v) is 6.72. The molecule has 1 heterocycles. The Labute approximate surface area is 193 Å².